The average molecular weight is 360 g/mol. The summed E-state index contributed by atoms with van der Waals surface area (Å²) in [5.41, 5.74) is 1.96. The number of hydrogen-bond donors (Lipinski definition) is 2. The predicted molar refractivity (Wildman–Crippen MR) is 102 cm³/mol. The lowest BCUT2D eigenvalue weighted by Gasteiger charge is -2.31. The van der Waals surface area contributed by atoms with Gasteiger partial charge >= 0.3 is 12.1 Å². The Bertz CT molecular complexity index is 623. The van der Waals surface area contributed by atoms with Gasteiger partial charge in [0.2, 0.25) is 0 Å². The fraction of sp³-hybridized carbons (Fsp3) is 0.579. The van der Waals surface area contributed by atoms with Crippen molar-refractivity contribution in [3.63, 3.8) is 0 Å². The molecular weight excluding hydrogens is 332 g/mol. The number of carbonyl (C=O) groups excluding carboxylic acids is 2. The molecule has 0 aliphatic carbocycles. The van der Waals surface area contributed by atoms with Crippen molar-refractivity contribution >= 4 is 23.5 Å². The van der Waals surface area contributed by atoms with E-state index in [9.17, 15) is 9.59 Å². The number of rotatable bonds is 3. The van der Waals surface area contributed by atoms with Crippen molar-refractivity contribution in [3.05, 3.63) is 24.3 Å². The maximum absolute atomic E-state index is 12.3. The highest BCUT2D eigenvalue weighted by Crippen LogP contribution is 2.23. The molecular formula is C19H28N4O3. The molecule has 0 radical (unpaired) electrons. The number of piperidine rings is 2. The van der Waals surface area contributed by atoms with Gasteiger partial charge in [-0.25, -0.2) is 9.59 Å². The second-order valence-electron chi connectivity index (χ2n) is 6.93. The fourth-order valence-electron chi connectivity index (χ4n) is 3.62. The Hall–Kier alpha value is -2.44. The lowest BCUT2D eigenvalue weighted by Crippen LogP contribution is -2.47. The molecule has 3 rings (SSSR count). The highest BCUT2D eigenvalue weighted by molar-refractivity contribution is 5.90. The van der Waals surface area contributed by atoms with Crippen molar-refractivity contribution in [2.75, 3.05) is 43.5 Å². The zero-order valence-corrected chi connectivity index (χ0v) is 15.4. The Morgan fingerprint density at radius 1 is 1.08 bits per heavy atom. The molecule has 1 aromatic rings. The van der Waals surface area contributed by atoms with Gasteiger partial charge in [0.05, 0.1) is 7.11 Å². The van der Waals surface area contributed by atoms with E-state index in [0.717, 1.165) is 37.3 Å². The molecule has 1 aromatic carbocycles. The van der Waals surface area contributed by atoms with Gasteiger partial charge in [-0.3, -0.25) is 0 Å². The van der Waals surface area contributed by atoms with Gasteiger partial charge in [-0.15, -0.1) is 0 Å². The van der Waals surface area contributed by atoms with E-state index in [4.69, 9.17) is 4.74 Å². The second kappa shape index (κ2) is 8.78. The molecule has 2 aliphatic heterocycles. The van der Waals surface area contributed by atoms with Gasteiger partial charge < -0.3 is 25.2 Å². The number of hydrogen-bond acceptors (Lipinski definition) is 4. The number of urea groups is 1. The number of nitrogens with one attached hydrogen (secondary N) is 2. The van der Waals surface area contributed by atoms with Gasteiger partial charge in [0.1, 0.15) is 0 Å². The van der Waals surface area contributed by atoms with Gasteiger partial charge in [0, 0.05) is 43.6 Å². The van der Waals surface area contributed by atoms with Gasteiger partial charge in [-0.2, -0.15) is 0 Å². The third-order valence-corrected chi connectivity index (χ3v) is 5.09. The van der Waals surface area contributed by atoms with Crippen LogP contribution in [0, 0.1) is 0 Å². The summed E-state index contributed by atoms with van der Waals surface area (Å²) < 4.78 is 4.73. The van der Waals surface area contributed by atoms with Crippen LogP contribution in [0.4, 0.5) is 21.0 Å². The molecule has 2 saturated heterocycles. The predicted octanol–water partition coefficient (Wildman–Crippen LogP) is 3.03. The lowest BCUT2D eigenvalue weighted by molar-refractivity contribution is 0.110. The van der Waals surface area contributed by atoms with E-state index in [-0.39, 0.29) is 18.2 Å². The zero-order chi connectivity index (χ0) is 18.4. The van der Waals surface area contributed by atoms with Crippen LogP contribution < -0.4 is 15.5 Å². The summed E-state index contributed by atoms with van der Waals surface area (Å²) >= 11 is 0. The van der Waals surface area contributed by atoms with Gasteiger partial charge in [-0.1, -0.05) is 6.07 Å². The second-order valence-corrected chi connectivity index (χ2v) is 6.93. The molecule has 7 heteroatoms. The van der Waals surface area contributed by atoms with E-state index < -0.39 is 0 Å². The monoisotopic (exact) mass is 360 g/mol. The topological polar surface area (TPSA) is 73.9 Å². The molecule has 7 nitrogen and oxygen atoms in total. The van der Waals surface area contributed by atoms with Crippen molar-refractivity contribution in [2.45, 2.75) is 38.1 Å². The van der Waals surface area contributed by atoms with Crippen LogP contribution in [0.3, 0.4) is 0 Å². The Balaban J connectivity index is 1.48. The Morgan fingerprint density at radius 2 is 1.81 bits per heavy atom. The van der Waals surface area contributed by atoms with Crippen LogP contribution in [-0.2, 0) is 4.74 Å². The van der Waals surface area contributed by atoms with E-state index >= 15 is 0 Å². The van der Waals surface area contributed by atoms with Crippen LogP contribution in [0.5, 0.6) is 0 Å². The van der Waals surface area contributed by atoms with Crippen LogP contribution in [0.1, 0.15) is 32.1 Å². The summed E-state index contributed by atoms with van der Waals surface area (Å²) in [6.07, 6.45) is 4.91. The lowest BCUT2D eigenvalue weighted by atomic mass is 10.1. The molecule has 2 aliphatic rings. The van der Waals surface area contributed by atoms with Crippen molar-refractivity contribution < 1.29 is 14.3 Å². The van der Waals surface area contributed by atoms with Crippen molar-refractivity contribution in [1.29, 1.82) is 0 Å². The van der Waals surface area contributed by atoms with Crippen molar-refractivity contribution in [2.24, 2.45) is 0 Å². The normalized spacial score (nSPS) is 18.3. The number of amides is 3. The molecule has 142 valence electrons. The third kappa shape index (κ3) is 4.80. The number of nitrogens with zero attached hydrogens (tertiary/aromatic N) is 2. The van der Waals surface area contributed by atoms with Crippen molar-refractivity contribution in [1.82, 2.24) is 10.2 Å². The SMILES string of the molecule is COC(=O)N1CCC(NC(=O)Nc2cccc(N3CCCCC3)c2)CC1. The van der Waals surface area contributed by atoms with E-state index in [1.54, 1.807) is 4.90 Å². The van der Waals surface area contributed by atoms with E-state index in [0.29, 0.717) is 13.1 Å². The number of ether oxygens (including phenoxy) is 1. The summed E-state index contributed by atoms with van der Waals surface area (Å²) in [4.78, 5) is 27.8. The molecule has 0 aromatic heterocycles. The minimum Gasteiger partial charge on any atom is -0.453 e. The molecule has 2 N–H and O–H groups in total. The Kier molecular flexibility index (Phi) is 6.20. The standard InChI is InChI=1S/C19H28N4O3/c1-26-19(25)23-12-8-15(9-13-23)20-18(24)21-16-6-5-7-17(14-16)22-10-3-2-4-11-22/h5-7,14-15H,2-4,8-13H2,1H3,(H2,20,21,24). The summed E-state index contributed by atoms with van der Waals surface area (Å²) in [5, 5.41) is 5.93. The molecule has 0 atom stereocenters. The number of anilines is 2. The van der Waals surface area contributed by atoms with Crippen LogP contribution in [0.2, 0.25) is 0 Å². The average Bonchev–Trinajstić information content (AvgIpc) is 2.69. The van der Waals surface area contributed by atoms with E-state index in [2.05, 4.69) is 21.6 Å². The largest absolute Gasteiger partial charge is 0.453 e. The first kappa shape index (κ1) is 18.4. The smallest absolute Gasteiger partial charge is 0.409 e. The minimum atomic E-state index is -0.303. The molecule has 26 heavy (non-hydrogen) atoms. The zero-order valence-electron chi connectivity index (χ0n) is 15.4. The van der Waals surface area contributed by atoms with Gasteiger partial charge in [0.25, 0.3) is 0 Å². The van der Waals surface area contributed by atoms with Crippen molar-refractivity contribution in [3.8, 4) is 0 Å². The number of carbonyl (C=O) groups is 2. The number of benzene rings is 1. The van der Waals surface area contributed by atoms with E-state index in [1.165, 1.54) is 26.4 Å². The van der Waals surface area contributed by atoms with Gasteiger partial charge in [0.15, 0.2) is 0 Å². The first-order valence-electron chi connectivity index (χ1n) is 9.41. The number of methoxy groups -OCH3 is 1. The first-order chi connectivity index (χ1) is 12.7. The molecule has 0 spiro atoms. The summed E-state index contributed by atoms with van der Waals surface area (Å²) in [6, 6.07) is 7.89. The summed E-state index contributed by atoms with van der Waals surface area (Å²) in [6.45, 7) is 3.35. The number of likely N-dealkylation sites (tertiary alicyclic amines) is 1. The van der Waals surface area contributed by atoms with E-state index in [1.807, 2.05) is 18.2 Å². The van der Waals surface area contributed by atoms with Crippen LogP contribution in [0.25, 0.3) is 0 Å². The maximum atomic E-state index is 12.3. The van der Waals surface area contributed by atoms with Crippen LogP contribution in [0.15, 0.2) is 24.3 Å². The molecule has 2 fully saturated rings. The molecule has 3 amide bonds. The van der Waals surface area contributed by atoms with Gasteiger partial charge in [-0.05, 0) is 50.3 Å². The molecule has 2 heterocycles. The first-order valence-corrected chi connectivity index (χ1v) is 9.41. The Labute approximate surface area is 154 Å². The fourth-order valence-corrected chi connectivity index (χ4v) is 3.62. The molecule has 0 bridgehead atoms. The quantitative estimate of drug-likeness (QED) is 0.869. The maximum Gasteiger partial charge on any atom is 0.409 e. The molecule has 0 unspecified atom stereocenters. The van der Waals surface area contributed by atoms with Crippen LogP contribution >= 0.6 is 0 Å². The third-order valence-electron chi connectivity index (χ3n) is 5.09. The minimum absolute atomic E-state index is 0.0705. The van der Waals surface area contributed by atoms with Crippen LogP contribution in [-0.4, -0.2) is 56.4 Å². The summed E-state index contributed by atoms with van der Waals surface area (Å²) in [7, 11) is 1.39. The molecule has 0 saturated carbocycles. The Morgan fingerprint density at radius 3 is 2.50 bits per heavy atom. The highest BCUT2D eigenvalue weighted by atomic mass is 16.5. The summed E-state index contributed by atoms with van der Waals surface area (Å²) in [5.74, 6) is 0. The highest BCUT2D eigenvalue weighted by Gasteiger charge is 2.24.